The van der Waals surface area contributed by atoms with Gasteiger partial charge in [0.15, 0.2) is 0 Å². The maximum absolute atomic E-state index is 10.4. The minimum Gasteiger partial charge on any atom is -1.00 e. The summed E-state index contributed by atoms with van der Waals surface area (Å²) in [5.41, 5.74) is 5.69. The predicted octanol–water partition coefficient (Wildman–Crippen LogP) is 0.826. The average molecular weight is 267 g/mol. The van der Waals surface area contributed by atoms with E-state index in [2.05, 4.69) is 6.92 Å². The summed E-state index contributed by atoms with van der Waals surface area (Å²) in [6, 6.07) is -0.156. The molecule has 3 N–H and O–H groups in total. The number of unbranched alkanes of at least 4 members (excludes halogenated alkanes) is 8. The van der Waals surface area contributed by atoms with Crippen LogP contribution in [0, 0.1) is 0 Å². The molecule has 0 fully saturated rings. The van der Waals surface area contributed by atoms with E-state index in [9.17, 15) is 4.79 Å². The fourth-order valence-electron chi connectivity index (χ4n) is 2.04. The van der Waals surface area contributed by atoms with Gasteiger partial charge in [-0.15, -0.1) is 0 Å². The molecule has 0 aromatic rings. The monoisotopic (exact) mass is 267 g/mol. The maximum Gasteiger partial charge on any atom is 1.00 e. The molecule has 0 bridgehead atoms. The Balaban J connectivity index is -0.00000128. The number of carbonyl (C=O) groups is 1. The molecule has 0 aromatic carbocycles. The smallest absolute Gasteiger partial charge is 1.00 e. The van der Waals surface area contributed by atoms with Crippen LogP contribution >= 0.6 is 0 Å². The fraction of sp³-hybridized carbons (Fsp3) is 0.929. The third kappa shape index (κ3) is 16.4. The van der Waals surface area contributed by atoms with Crippen molar-refractivity contribution in [1.82, 2.24) is 0 Å². The molecule has 0 aromatic heterocycles. The van der Waals surface area contributed by atoms with Gasteiger partial charge in [-0.05, 0) is 6.42 Å². The van der Waals surface area contributed by atoms with Crippen molar-refractivity contribution in [1.29, 1.82) is 0 Å². The number of nitrogens with two attached hydrogens (primary N) is 1. The van der Waals surface area contributed by atoms with Gasteiger partial charge in [-0.25, -0.2) is 0 Å². The van der Waals surface area contributed by atoms with Gasteiger partial charge in [-0.3, -0.25) is 4.79 Å². The van der Waals surface area contributed by atoms with Gasteiger partial charge in [0.1, 0.15) is 0 Å². The van der Waals surface area contributed by atoms with Crippen molar-refractivity contribution in [2.24, 2.45) is 5.73 Å². The first kappa shape index (κ1) is 20.7. The number of aliphatic carboxylic acids is 1. The van der Waals surface area contributed by atoms with Crippen molar-refractivity contribution < 1.29 is 40.9 Å². The van der Waals surface area contributed by atoms with E-state index in [1.807, 2.05) is 0 Å². The maximum atomic E-state index is 10.4. The Labute approximate surface area is 136 Å². The molecular formula is C14H30NNaO2. The second-order valence-corrected chi connectivity index (χ2v) is 4.98. The summed E-state index contributed by atoms with van der Waals surface area (Å²) in [6.45, 7) is 2.24. The van der Waals surface area contributed by atoms with Gasteiger partial charge in [0.2, 0.25) is 0 Å². The Morgan fingerprint density at radius 2 is 1.50 bits per heavy atom. The van der Waals surface area contributed by atoms with Crippen LogP contribution in [0.1, 0.15) is 79.0 Å². The molecule has 0 rings (SSSR count). The molecule has 1 atom stereocenters. The van der Waals surface area contributed by atoms with Crippen LogP contribution in [-0.4, -0.2) is 17.1 Å². The van der Waals surface area contributed by atoms with Crippen molar-refractivity contribution >= 4 is 5.97 Å². The molecule has 1 unspecified atom stereocenters. The van der Waals surface area contributed by atoms with Crippen LogP contribution in [0.4, 0.5) is 0 Å². The Hall–Kier alpha value is 0.430. The van der Waals surface area contributed by atoms with Crippen molar-refractivity contribution in [3.8, 4) is 0 Å². The zero-order valence-corrected chi connectivity index (χ0v) is 14.3. The summed E-state index contributed by atoms with van der Waals surface area (Å²) in [4.78, 5) is 10.4. The van der Waals surface area contributed by atoms with Gasteiger partial charge in [0, 0.05) is 6.04 Å². The van der Waals surface area contributed by atoms with E-state index in [1.165, 1.54) is 51.4 Å². The number of hydrogen-bond acceptors (Lipinski definition) is 2. The average Bonchev–Trinajstić information content (AvgIpc) is 2.26. The summed E-state index contributed by atoms with van der Waals surface area (Å²) in [7, 11) is 0. The molecule has 0 aliphatic heterocycles. The number of carboxylic acids is 1. The van der Waals surface area contributed by atoms with Crippen LogP contribution in [0.15, 0.2) is 0 Å². The summed E-state index contributed by atoms with van der Waals surface area (Å²) >= 11 is 0. The van der Waals surface area contributed by atoms with Crippen molar-refractivity contribution in [2.45, 2.75) is 83.6 Å². The molecular weight excluding hydrogens is 237 g/mol. The second kappa shape index (κ2) is 15.5. The summed E-state index contributed by atoms with van der Waals surface area (Å²) in [5.74, 6) is -0.784. The molecule has 104 valence electrons. The zero-order chi connectivity index (χ0) is 12.9. The normalized spacial score (nSPS) is 11.9. The number of rotatable bonds is 12. The first-order chi connectivity index (χ1) is 8.16. The Morgan fingerprint density at radius 3 is 1.94 bits per heavy atom. The van der Waals surface area contributed by atoms with Crippen molar-refractivity contribution in [2.75, 3.05) is 0 Å². The van der Waals surface area contributed by atoms with Gasteiger partial charge in [0.25, 0.3) is 0 Å². The van der Waals surface area contributed by atoms with E-state index < -0.39 is 5.97 Å². The number of hydrogen-bond donors (Lipinski definition) is 2. The van der Waals surface area contributed by atoms with Crippen molar-refractivity contribution in [3.63, 3.8) is 0 Å². The van der Waals surface area contributed by atoms with E-state index in [1.54, 1.807) is 0 Å². The van der Waals surface area contributed by atoms with Crippen LogP contribution < -0.4 is 35.3 Å². The minimum absolute atomic E-state index is 0. The molecule has 3 nitrogen and oxygen atoms in total. The van der Waals surface area contributed by atoms with E-state index in [0.29, 0.717) is 0 Å². The molecule has 4 heteroatoms. The SMILES string of the molecule is CCCCCCCCCCCC(N)CC(=O)O.[H-].[Na+]. The summed E-state index contributed by atoms with van der Waals surface area (Å²) in [5, 5.41) is 8.55. The quantitative estimate of drug-likeness (QED) is 0.406. The topological polar surface area (TPSA) is 63.3 Å². The van der Waals surface area contributed by atoms with Crippen LogP contribution in [0.25, 0.3) is 0 Å². The molecule has 0 amide bonds. The Morgan fingerprint density at radius 1 is 1.06 bits per heavy atom. The standard InChI is InChI=1S/C14H29NO2.Na.H/c1-2-3-4-5-6-7-8-9-10-11-13(15)12-14(16)17;;/h13H,2-12,15H2,1H3,(H,16,17);;/q;+1;-1. The second-order valence-electron chi connectivity index (χ2n) is 4.98. The fourth-order valence-corrected chi connectivity index (χ4v) is 2.04. The third-order valence-electron chi connectivity index (χ3n) is 3.12. The molecule has 0 aliphatic carbocycles. The third-order valence-corrected chi connectivity index (χ3v) is 3.12. The summed E-state index contributed by atoms with van der Waals surface area (Å²) in [6.07, 6.45) is 12.6. The van der Waals surface area contributed by atoms with Crippen LogP contribution in [0.3, 0.4) is 0 Å². The van der Waals surface area contributed by atoms with Crippen molar-refractivity contribution in [3.05, 3.63) is 0 Å². The first-order valence-corrected chi connectivity index (χ1v) is 7.14. The van der Waals surface area contributed by atoms with Gasteiger partial charge in [-0.1, -0.05) is 64.7 Å². The molecule has 18 heavy (non-hydrogen) atoms. The van der Waals surface area contributed by atoms with Gasteiger partial charge >= 0.3 is 35.5 Å². The Bertz CT molecular complexity index is 194. The summed E-state index contributed by atoms with van der Waals surface area (Å²) < 4.78 is 0. The molecule has 0 spiro atoms. The van der Waals surface area contributed by atoms with E-state index >= 15 is 0 Å². The molecule has 0 saturated carbocycles. The van der Waals surface area contributed by atoms with Crippen LogP contribution in [0.5, 0.6) is 0 Å². The Kier molecular flexibility index (Phi) is 17.8. The molecule has 0 aliphatic rings. The van der Waals surface area contributed by atoms with E-state index in [-0.39, 0.29) is 43.4 Å². The van der Waals surface area contributed by atoms with Gasteiger partial charge in [-0.2, -0.15) is 0 Å². The number of carboxylic acid groups (broad SMARTS) is 1. The molecule has 0 saturated heterocycles. The first-order valence-electron chi connectivity index (χ1n) is 7.14. The predicted molar refractivity (Wildman–Crippen MR) is 73.2 cm³/mol. The van der Waals surface area contributed by atoms with E-state index in [4.69, 9.17) is 10.8 Å². The zero-order valence-electron chi connectivity index (χ0n) is 13.3. The van der Waals surface area contributed by atoms with Gasteiger partial charge < -0.3 is 12.3 Å². The van der Waals surface area contributed by atoms with E-state index in [0.717, 1.165) is 12.8 Å². The van der Waals surface area contributed by atoms with Crippen LogP contribution in [-0.2, 0) is 4.79 Å². The largest absolute Gasteiger partial charge is 1.00 e. The molecule has 0 heterocycles. The molecule has 0 radical (unpaired) electrons. The van der Waals surface area contributed by atoms with Crippen LogP contribution in [0.2, 0.25) is 0 Å². The minimum atomic E-state index is -0.784. The van der Waals surface area contributed by atoms with Gasteiger partial charge in [0.05, 0.1) is 6.42 Å².